The Morgan fingerprint density at radius 2 is 2.12 bits per heavy atom. The molecular weight excluding hydrogens is 335 g/mol. The van der Waals surface area contributed by atoms with Crippen LogP contribution in [0.5, 0.6) is 0 Å². The highest BCUT2D eigenvalue weighted by molar-refractivity contribution is 14.1. The number of rotatable bonds is 2. The highest BCUT2D eigenvalue weighted by Gasteiger charge is 2.05. The molecule has 0 fully saturated rings. The Bertz CT molecular complexity index is 500. The van der Waals surface area contributed by atoms with Gasteiger partial charge in [-0.05, 0) is 53.6 Å². The Labute approximate surface area is 114 Å². The van der Waals surface area contributed by atoms with Crippen LogP contribution in [0.25, 0.3) is 0 Å². The van der Waals surface area contributed by atoms with Gasteiger partial charge in [0.05, 0.1) is 6.54 Å². The fraction of sp³-hybridized carbons (Fsp3) is 0.250. The predicted molar refractivity (Wildman–Crippen MR) is 75.0 cm³/mol. The maximum atomic E-state index is 6.18. The summed E-state index contributed by atoms with van der Waals surface area (Å²) in [6.07, 6.45) is 2.04. The second kappa shape index (κ2) is 4.75. The van der Waals surface area contributed by atoms with E-state index in [0.29, 0.717) is 0 Å². The van der Waals surface area contributed by atoms with Crippen molar-refractivity contribution in [2.45, 2.75) is 20.4 Å². The number of benzene rings is 1. The lowest BCUT2D eigenvalue weighted by atomic mass is 10.1. The van der Waals surface area contributed by atoms with Gasteiger partial charge in [-0.25, -0.2) is 0 Å². The van der Waals surface area contributed by atoms with Gasteiger partial charge in [0.25, 0.3) is 0 Å². The second-order valence-corrected chi connectivity index (χ2v) is 5.32. The highest BCUT2D eigenvalue weighted by atomic mass is 127. The number of halogens is 2. The molecule has 0 atom stereocenters. The Balaban J connectivity index is 2.27. The van der Waals surface area contributed by atoms with Crippen LogP contribution in [0.1, 0.15) is 16.7 Å². The van der Waals surface area contributed by atoms with Crippen molar-refractivity contribution in [3.63, 3.8) is 0 Å². The molecule has 0 bridgehead atoms. The first kappa shape index (κ1) is 11.9. The molecule has 0 unspecified atom stereocenters. The predicted octanol–water partition coefficient (Wildman–Crippen LogP) is 3.81. The molecule has 0 radical (unpaired) electrons. The minimum Gasteiger partial charge on any atom is -0.267 e. The van der Waals surface area contributed by atoms with Gasteiger partial charge in [-0.3, -0.25) is 4.68 Å². The number of nitrogens with zero attached hydrogens (tertiary/aromatic N) is 2. The van der Waals surface area contributed by atoms with Crippen molar-refractivity contribution in [1.29, 1.82) is 0 Å². The van der Waals surface area contributed by atoms with Crippen molar-refractivity contribution in [3.8, 4) is 0 Å². The summed E-state index contributed by atoms with van der Waals surface area (Å²) in [4.78, 5) is 0. The molecule has 1 aromatic carbocycles. The third-order valence-corrected chi connectivity index (χ3v) is 3.84. The monoisotopic (exact) mass is 346 g/mol. The van der Waals surface area contributed by atoms with Crippen LogP contribution in [-0.2, 0) is 6.54 Å². The lowest BCUT2D eigenvalue weighted by molar-refractivity contribution is 0.681. The number of aromatic nitrogens is 2. The van der Waals surface area contributed by atoms with Crippen molar-refractivity contribution in [3.05, 3.63) is 49.8 Å². The molecule has 0 aliphatic heterocycles. The van der Waals surface area contributed by atoms with Crippen molar-refractivity contribution in [1.82, 2.24) is 9.78 Å². The molecule has 0 spiro atoms. The Kier molecular flexibility index (Phi) is 3.54. The first-order chi connectivity index (χ1) is 7.56. The molecule has 0 aliphatic rings. The van der Waals surface area contributed by atoms with Crippen LogP contribution in [0, 0.1) is 17.5 Å². The van der Waals surface area contributed by atoms with E-state index in [2.05, 4.69) is 46.7 Å². The van der Waals surface area contributed by atoms with Crippen LogP contribution in [0.15, 0.2) is 24.4 Å². The zero-order valence-corrected chi connectivity index (χ0v) is 12.1. The van der Waals surface area contributed by atoms with Gasteiger partial charge >= 0.3 is 0 Å². The van der Waals surface area contributed by atoms with Crippen molar-refractivity contribution in [2.24, 2.45) is 0 Å². The van der Waals surface area contributed by atoms with Gasteiger partial charge in [-0.1, -0.05) is 23.7 Å². The molecule has 0 amide bonds. The Morgan fingerprint density at radius 1 is 1.38 bits per heavy atom. The largest absolute Gasteiger partial charge is 0.267 e. The van der Waals surface area contributed by atoms with E-state index < -0.39 is 0 Å². The lowest BCUT2D eigenvalue weighted by Crippen LogP contribution is -2.01. The van der Waals surface area contributed by atoms with Crippen LogP contribution in [-0.4, -0.2) is 9.78 Å². The molecule has 2 aromatic rings. The van der Waals surface area contributed by atoms with Gasteiger partial charge in [0, 0.05) is 16.8 Å². The van der Waals surface area contributed by atoms with E-state index in [4.69, 9.17) is 11.6 Å². The van der Waals surface area contributed by atoms with Crippen LogP contribution in [0.2, 0.25) is 5.02 Å². The van der Waals surface area contributed by atoms with E-state index in [1.54, 1.807) is 0 Å². The van der Waals surface area contributed by atoms with E-state index in [0.717, 1.165) is 20.8 Å². The average molecular weight is 347 g/mol. The van der Waals surface area contributed by atoms with E-state index in [-0.39, 0.29) is 0 Å². The third-order valence-electron chi connectivity index (χ3n) is 2.43. The van der Waals surface area contributed by atoms with Gasteiger partial charge in [0.15, 0.2) is 0 Å². The van der Waals surface area contributed by atoms with E-state index >= 15 is 0 Å². The normalized spacial score (nSPS) is 10.8. The Hall–Kier alpha value is -0.550. The topological polar surface area (TPSA) is 17.8 Å². The summed E-state index contributed by atoms with van der Waals surface area (Å²) < 4.78 is 2.97. The van der Waals surface area contributed by atoms with Gasteiger partial charge in [-0.15, -0.1) is 0 Å². The molecule has 84 valence electrons. The summed E-state index contributed by atoms with van der Waals surface area (Å²) in [5.74, 6) is 0. The summed E-state index contributed by atoms with van der Waals surface area (Å²) in [7, 11) is 0. The smallest absolute Gasteiger partial charge is 0.126 e. The highest BCUT2D eigenvalue weighted by Crippen LogP contribution is 2.19. The fourth-order valence-electron chi connectivity index (χ4n) is 1.53. The first-order valence-corrected chi connectivity index (χ1v) is 6.46. The molecule has 16 heavy (non-hydrogen) atoms. The van der Waals surface area contributed by atoms with Crippen LogP contribution in [0.3, 0.4) is 0 Å². The zero-order valence-electron chi connectivity index (χ0n) is 9.17. The summed E-state index contributed by atoms with van der Waals surface area (Å²) in [6.45, 7) is 4.82. The summed E-state index contributed by atoms with van der Waals surface area (Å²) in [5, 5.41) is 5.22. The summed E-state index contributed by atoms with van der Waals surface area (Å²) in [6, 6.07) is 6.11. The standard InChI is InChI=1S/C12H12ClIN2/c1-8-3-4-10(11(13)5-8)7-16-6-9(2)12(14)15-16/h3-6H,7H2,1-2H3. The second-order valence-electron chi connectivity index (χ2n) is 3.90. The zero-order chi connectivity index (χ0) is 11.7. The molecule has 0 aliphatic carbocycles. The molecule has 1 heterocycles. The van der Waals surface area contributed by atoms with Crippen molar-refractivity contribution >= 4 is 34.2 Å². The molecule has 1 aromatic heterocycles. The number of aryl methyl sites for hydroxylation is 2. The molecule has 0 saturated heterocycles. The average Bonchev–Trinajstić information content (AvgIpc) is 2.51. The van der Waals surface area contributed by atoms with E-state index in [9.17, 15) is 0 Å². The molecule has 4 heteroatoms. The van der Waals surface area contributed by atoms with Gasteiger partial charge < -0.3 is 0 Å². The van der Waals surface area contributed by atoms with Gasteiger partial charge in [0.2, 0.25) is 0 Å². The summed E-state index contributed by atoms with van der Waals surface area (Å²) >= 11 is 8.42. The molecule has 0 saturated carbocycles. The maximum Gasteiger partial charge on any atom is 0.126 e. The molecular formula is C12H12ClIN2. The fourth-order valence-corrected chi connectivity index (χ4v) is 2.24. The van der Waals surface area contributed by atoms with Crippen LogP contribution < -0.4 is 0 Å². The minimum atomic E-state index is 0.725. The van der Waals surface area contributed by atoms with Crippen molar-refractivity contribution < 1.29 is 0 Å². The summed E-state index contributed by atoms with van der Waals surface area (Å²) in [5.41, 5.74) is 3.48. The quantitative estimate of drug-likeness (QED) is 0.756. The van der Waals surface area contributed by atoms with Gasteiger partial charge in [-0.2, -0.15) is 5.10 Å². The third kappa shape index (κ3) is 2.58. The Morgan fingerprint density at radius 3 is 2.69 bits per heavy atom. The lowest BCUT2D eigenvalue weighted by Gasteiger charge is -2.05. The van der Waals surface area contributed by atoms with Crippen LogP contribution >= 0.6 is 34.2 Å². The number of hydrogen-bond donors (Lipinski definition) is 0. The van der Waals surface area contributed by atoms with Gasteiger partial charge in [0.1, 0.15) is 3.70 Å². The van der Waals surface area contributed by atoms with E-state index in [1.807, 2.05) is 23.9 Å². The first-order valence-electron chi connectivity index (χ1n) is 5.01. The van der Waals surface area contributed by atoms with E-state index in [1.165, 1.54) is 11.1 Å². The molecule has 2 rings (SSSR count). The molecule has 2 nitrogen and oxygen atoms in total. The number of hydrogen-bond acceptors (Lipinski definition) is 1. The van der Waals surface area contributed by atoms with Crippen molar-refractivity contribution in [2.75, 3.05) is 0 Å². The maximum absolute atomic E-state index is 6.18. The van der Waals surface area contributed by atoms with Crippen LogP contribution in [0.4, 0.5) is 0 Å². The SMILES string of the molecule is Cc1ccc(Cn2cc(C)c(I)n2)c(Cl)c1. The minimum absolute atomic E-state index is 0.725. The molecule has 0 N–H and O–H groups in total.